The molecule has 0 radical (unpaired) electrons. The van der Waals surface area contributed by atoms with Crippen LogP contribution in [0.25, 0.3) is 0 Å². The van der Waals surface area contributed by atoms with Crippen molar-refractivity contribution in [3.05, 3.63) is 40.3 Å². The van der Waals surface area contributed by atoms with E-state index in [2.05, 4.69) is 23.4 Å². The van der Waals surface area contributed by atoms with Gasteiger partial charge in [0.25, 0.3) is 0 Å². The lowest BCUT2D eigenvalue weighted by molar-refractivity contribution is -0.136. The highest BCUT2D eigenvalue weighted by molar-refractivity contribution is 7.09. The van der Waals surface area contributed by atoms with Crippen LogP contribution in [0.15, 0.2) is 29.8 Å². The van der Waals surface area contributed by atoms with Crippen molar-refractivity contribution in [2.45, 2.75) is 38.8 Å². The Morgan fingerprint density at radius 3 is 2.96 bits per heavy atom. The number of carbonyl (C=O) groups is 2. The fraction of sp³-hybridized carbons (Fsp3) is 0.526. The molecule has 3 unspecified atom stereocenters. The summed E-state index contributed by atoms with van der Waals surface area (Å²) in [6.07, 6.45) is 3.95. The minimum Gasteiger partial charge on any atom is -0.356 e. The van der Waals surface area contributed by atoms with Crippen LogP contribution in [0.2, 0.25) is 0 Å². The first-order valence-corrected chi connectivity index (χ1v) is 10.1. The summed E-state index contributed by atoms with van der Waals surface area (Å²) >= 11 is 1.70. The summed E-state index contributed by atoms with van der Waals surface area (Å²) < 4.78 is 1.92. The van der Waals surface area contributed by atoms with Gasteiger partial charge < -0.3 is 10.2 Å². The van der Waals surface area contributed by atoms with Gasteiger partial charge in [0.1, 0.15) is 0 Å². The van der Waals surface area contributed by atoms with Crippen molar-refractivity contribution in [2.75, 3.05) is 13.1 Å². The maximum absolute atomic E-state index is 12.6. The summed E-state index contributed by atoms with van der Waals surface area (Å²) in [5, 5.41) is 9.43. The van der Waals surface area contributed by atoms with Gasteiger partial charge in [0, 0.05) is 30.1 Å². The molecule has 6 nitrogen and oxygen atoms in total. The predicted octanol–water partition coefficient (Wildman–Crippen LogP) is 2.23. The minimum absolute atomic E-state index is 0.0158. The Hall–Kier alpha value is -2.15. The number of nitrogens with one attached hydrogen (secondary N) is 1. The molecule has 0 bridgehead atoms. The first kappa shape index (κ1) is 17.3. The highest BCUT2D eigenvalue weighted by atomic mass is 32.1. The van der Waals surface area contributed by atoms with E-state index in [1.165, 1.54) is 4.88 Å². The van der Waals surface area contributed by atoms with Crippen LogP contribution in [-0.2, 0) is 22.6 Å². The molecule has 0 saturated heterocycles. The Balaban J connectivity index is 1.35. The third kappa shape index (κ3) is 3.67. The van der Waals surface area contributed by atoms with Crippen LogP contribution in [-0.4, -0.2) is 39.6 Å². The van der Waals surface area contributed by atoms with Gasteiger partial charge in [-0.3, -0.25) is 14.3 Å². The minimum atomic E-state index is -0.0894. The first-order chi connectivity index (χ1) is 12.6. The van der Waals surface area contributed by atoms with Gasteiger partial charge in [-0.15, -0.1) is 11.3 Å². The molecule has 1 aliphatic heterocycles. The van der Waals surface area contributed by atoms with Crippen molar-refractivity contribution in [1.82, 2.24) is 20.0 Å². The lowest BCUT2D eigenvalue weighted by Crippen LogP contribution is -2.43. The SMILES string of the molecule is CC1CC1C(=O)N1Cc2ccnn2C(CC(=O)NCCc2cccs2)C1. The van der Waals surface area contributed by atoms with Gasteiger partial charge in [-0.25, -0.2) is 0 Å². The standard InChI is InChI=1S/C19H24N4O2S/c1-13-9-17(13)19(25)22-11-14-4-7-21-23(14)15(12-22)10-18(24)20-6-5-16-3-2-8-26-16/h2-4,7-8,13,15,17H,5-6,9-12H2,1H3,(H,20,24). The summed E-state index contributed by atoms with van der Waals surface area (Å²) in [4.78, 5) is 28.2. The van der Waals surface area contributed by atoms with Crippen molar-refractivity contribution < 1.29 is 9.59 Å². The molecular weight excluding hydrogens is 348 g/mol. The maximum atomic E-state index is 12.6. The Kier molecular flexibility index (Phi) is 4.80. The molecule has 2 aliphatic rings. The number of aromatic nitrogens is 2. The molecule has 1 fully saturated rings. The summed E-state index contributed by atoms with van der Waals surface area (Å²) in [7, 11) is 0. The van der Waals surface area contributed by atoms with Gasteiger partial charge in [-0.1, -0.05) is 13.0 Å². The molecule has 1 saturated carbocycles. The zero-order valence-corrected chi connectivity index (χ0v) is 15.7. The molecule has 1 N–H and O–H groups in total. The van der Waals surface area contributed by atoms with E-state index in [0.717, 1.165) is 18.5 Å². The van der Waals surface area contributed by atoms with Gasteiger partial charge in [-0.2, -0.15) is 5.10 Å². The largest absolute Gasteiger partial charge is 0.356 e. The number of nitrogens with zero attached hydrogens (tertiary/aromatic N) is 3. The van der Waals surface area contributed by atoms with Crippen LogP contribution in [0.5, 0.6) is 0 Å². The number of amides is 2. The highest BCUT2D eigenvalue weighted by Gasteiger charge is 2.43. The Morgan fingerprint density at radius 1 is 1.38 bits per heavy atom. The molecule has 26 heavy (non-hydrogen) atoms. The summed E-state index contributed by atoms with van der Waals surface area (Å²) in [5.74, 6) is 0.910. The van der Waals surface area contributed by atoms with E-state index < -0.39 is 0 Å². The Labute approximate surface area is 157 Å². The summed E-state index contributed by atoms with van der Waals surface area (Å²) in [5.41, 5.74) is 1.01. The van der Waals surface area contributed by atoms with Crippen LogP contribution in [0.3, 0.4) is 0 Å². The van der Waals surface area contributed by atoms with Crippen LogP contribution in [0.1, 0.15) is 36.4 Å². The second-order valence-corrected chi connectivity index (χ2v) is 8.37. The normalized spacial score (nSPS) is 24.2. The fourth-order valence-electron chi connectivity index (χ4n) is 3.67. The van der Waals surface area contributed by atoms with Gasteiger partial charge in [0.15, 0.2) is 0 Å². The summed E-state index contributed by atoms with van der Waals surface area (Å²) in [6, 6.07) is 5.96. The third-order valence-electron chi connectivity index (χ3n) is 5.32. The van der Waals surface area contributed by atoms with Crippen LogP contribution in [0, 0.1) is 11.8 Å². The predicted molar refractivity (Wildman–Crippen MR) is 99.6 cm³/mol. The fourth-order valence-corrected chi connectivity index (χ4v) is 4.38. The van der Waals surface area contributed by atoms with E-state index in [9.17, 15) is 9.59 Å². The second-order valence-electron chi connectivity index (χ2n) is 7.34. The quantitative estimate of drug-likeness (QED) is 0.846. The van der Waals surface area contributed by atoms with E-state index in [1.807, 2.05) is 27.1 Å². The number of thiophene rings is 1. The molecule has 2 aromatic heterocycles. The summed E-state index contributed by atoms with van der Waals surface area (Å²) in [6.45, 7) is 3.92. The van der Waals surface area contributed by atoms with Crippen molar-refractivity contribution in [3.8, 4) is 0 Å². The molecule has 7 heteroatoms. The number of carbonyl (C=O) groups excluding carboxylic acids is 2. The molecular formula is C19H24N4O2S. The van der Waals surface area contributed by atoms with E-state index >= 15 is 0 Å². The number of hydrogen-bond acceptors (Lipinski definition) is 4. The van der Waals surface area contributed by atoms with Gasteiger partial charge >= 0.3 is 0 Å². The monoisotopic (exact) mass is 372 g/mol. The average Bonchev–Trinajstić information content (AvgIpc) is 3.05. The maximum Gasteiger partial charge on any atom is 0.226 e. The number of rotatable bonds is 6. The molecule has 3 heterocycles. The number of fused-ring (bicyclic) bond motifs is 1. The topological polar surface area (TPSA) is 67.2 Å². The van der Waals surface area contributed by atoms with Gasteiger partial charge in [-0.05, 0) is 36.3 Å². The zero-order valence-electron chi connectivity index (χ0n) is 14.9. The van der Waals surface area contributed by atoms with Crippen LogP contribution >= 0.6 is 11.3 Å². The molecule has 0 aromatic carbocycles. The zero-order chi connectivity index (χ0) is 18.1. The molecule has 4 rings (SSSR count). The van der Waals surface area contributed by atoms with E-state index in [4.69, 9.17) is 0 Å². The van der Waals surface area contributed by atoms with Crippen molar-refractivity contribution in [2.24, 2.45) is 11.8 Å². The Bertz CT molecular complexity index is 785. The molecule has 3 atom stereocenters. The second kappa shape index (κ2) is 7.23. The Morgan fingerprint density at radius 2 is 2.23 bits per heavy atom. The van der Waals surface area contributed by atoms with E-state index in [-0.39, 0.29) is 23.8 Å². The first-order valence-electron chi connectivity index (χ1n) is 9.22. The van der Waals surface area contributed by atoms with Crippen molar-refractivity contribution >= 4 is 23.2 Å². The highest BCUT2D eigenvalue weighted by Crippen LogP contribution is 2.40. The van der Waals surface area contributed by atoms with Crippen molar-refractivity contribution in [3.63, 3.8) is 0 Å². The van der Waals surface area contributed by atoms with E-state index in [1.54, 1.807) is 17.5 Å². The average molecular weight is 372 g/mol. The van der Waals surface area contributed by atoms with Crippen LogP contribution < -0.4 is 5.32 Å². The molecule has 2 aromatic rings. The molecule has 2 amide bonds. The lowest BCUT2D eigenvalue weighted by atomic mass is 10.1. The third-order valence-corrected chi connectivity index (χ3v) is 6.25. The molecule has 1 aliphatic carbocycles. The van der Waals surface area contributed by atoms with Gasteiger partial charge in [0.05, 0.1) is 24.7 Å². The number of hydrogen-bond donors (Lipinski definition) is 1. The molecule has 138 valence electrons. The van der Waals surface area contributed by atoms with Crippen LogP contribution in [0.4, 0.5) is 0 Å². The smallest absolute Gasteiger partial charge is 0.226 e. The van der Waals surface area contributed by atoms with E-state index in [0.29, 0.717) is 32.0 Å². The lowest BCUT2D eigenvalue weighted by Gasteiger charge is -2.34. The van der Waals surface area contributed by atoms with Gasteiger partial charge in [0.2, 0.25) is 11.8 Å². The molecule has 0 spiro atoms. The van der Waals surface area contributed by atoms with Crippen molar-refractivity contribution in [1.29, 1.82) is 0 Å².